The minimum atomic E-state index is -4.29. The summed E-state index contributed by atoms with van der Waals surface area (Å²) in [5.74, 6) is 0.717. The van der Waals surface area contributed by atoms with E-state index in [0.717, 1.165) is 76.9 Å². The van der Waals surface area contributed by atoms with Crippen molar-refractivity contribution in [3.05, 3.63) is 29.8 Å². The summed E-state index contributed by atoms with van der Waals surface area (Å²) in [5, 5.41) is 0. The maximum atomic E-state index is 12.9. The van der Waals surface area contributed by atoms with Crippen LogP contribution in [0.5, 0.6) is 0 Å². The van der Waals surface area contributed by atoms with Crippen molar-refractivity contribution < 1.29 is 18.0 Å². The van der Waals surface area contributed by atoms with Gasteiger partial charge in [0.1, 0.15) is 6.29 Å². The molecule has 3 rings (SSSR count). The maximum absolute atomic E-state index is 12.9. The summed E-state index contributed by atoms with van der Waals surface area (Å²) in [4.78, 5) is 17.2. The molecule has 0 bridgehead atoms. The number of aldehydes is 1. The number of alkyl halides is 3. The maximum Gasteiger partial charge on any atom is 0.416 e. The van der Waals surface area contributed by atoms with E-state index in [-0.39, 0.29) is 0 Å². The standard InChI is InChI=1S/C20H28F3N3O.CH5N/c21-20(22,23)18-2-1-3-19(16-18)26-12-10-25(11-13-26)9-6-17-4-7-24(8-5-17)14-15-27;1-2/h1-3,15-17H,4-14H2;2H2,1H3. The van der Waals surface area contributed by atoms with Crippen molar-refractivity contribution in [2.45, 2.75) is 25.4 Å². The van der Waals surface area contributed by atoms with Gasteiger partial charge in [-0.15, -0.1) is 0 Å². The first-order valence-corrected chi connectivity index (χ1v) is 10.3. The summed E-state index contributed by atoms with van der Waals surface area (Å²) < 4.78 is 38.7. The van der Waals surface area contributed by atoms with Crippen molar-refractivity contribution in [1.82, 2.24) is 9.80 Å². The first-order chi connectivity index (χ1) is 14.0. The van der Waals surface area contributed by atoms with Gasteiger partial charge in [-0.3, -0.25) is 9.80 Å². The molecule has 2 aliphatic heterocycles. The van der Waals surface area contributed by atoms with Crippen molar-refractivity contribution in [2.75, 3.05) is 64.3 Å². The van der Waals surface area contributed by atoms with Crippen molar-refractivity contribution in [2.24, 2.45) is 11.7 Å². The lowest BCUT2D eigenvalue weighted by Gasteiger charge is -2.37. The topological polar surface area (TPSA) is 52.8 Å². The van der Waals surface area contributed by atoms with E-state index in [1.165, 1.54) is 25.6 Å². The number of nitrogens with two attached hydrogens (primary N) is 1. The molecule has 29 heavy (non-hydrogen) atoms. The summed E-state index contributed by atoms with van der Waals surface area (Å²) in [6, 6.07) is 5.63. The molecule has 0 aromatic heterocycles. The number of benzene rings is 1. The Morgan fingerprint density at radius 2 is 1.69 bits per heavy atom. The van der Waals surface area contributed by atoms with Gasteiger partial charge in [-0.1, -0.05) is 6.07 Å². The van der Waals surface area contributed by atoms with Crippen LogP contribution in [-0.4, -0.2) is 75.5 Å². The average molecular weight is 415 g/mol. The van der Waals surface area contributed by atoms with Crippen molar-refractivity contribution in [1.29, 1.82) is 0 Å². The van der Waals surface area contributed by atoms with E-state index in [2.05, 4.69) is 15.5 Å². The number of carbonyl (C=O) groups excluding carboxylic acids is 1. The van der Waals surface area contributed by atoms with Gasteiger partial charge >= 0.3 is 6.18 Å². The Morgan fingerprint density at radius 1 is 1.03 bits per heavy atom. The number of hydrogen-bond donors (Lipinski definition) is 1. The first-order valence-electron chi connectivity index (χ1n) is 10.3. The highest BCUT2D eigenvalue weighted by molar-refractivity contribution is 5.52. The second kappa shape index (κ2) is 11.5. The molecular weight excluding hydrogens is 381 g/mol. The minimum Gasteiger partial charge on any atom is -0.369 e. The van der Waals surface area contributed by atoms with Crippen LogP contribution in [0.4, 0.5) is 18.9 Å². The number of piperazine rings is 1. The highest BCUT2D eigenvalue weighted by Gasteiger charge is 2.31. The van der Waals surface area contributed by atoms with Gasteiger partial charge < -0.3 is 15.4 Å². The van der Waals surface area contributed by atoms with Crippen LogP contribution >= 0.6 is 0 Å². The van der Waals surface area contributed by atoms with Gasteiger partial charge in [0.05, 0.1) is 12.1 Å². The predicted octanol–water partition coefficient (Wildman–Crippen LogP) is 2.70. The van der Waals surface area contributed by atoms with Crippen LogP contribution in [0.15, 0.2) is 24.3 Å². The second-order valence-corrected chi connectivity index (χ2v) is 7.58. The van der Waals surface area contributed by atoms with Gasteiger partial charge in [-0.05, 0) is 70.1 Å². The quantitative estimate of drug-likeness (QED) is 0.726. The molecule has 2 saturated heterocycles. The molecule has 0 saturated carbocycles. The van der Waals surface area contributed by atoms with Gasteiger partial charge in [-0.25, -0.2) is 0 Å². The van der Waals surface area contributed by atoms with Crippen molar-refractivity contribution in [3.63, 3.8) is 0 Å². The number of carbonyl (C=O) groups is 1. The van der Waals surface area contributed by atoms with E-state index in [9.17, 15) is 18.0 Å². The fraction of sp³-hybridized carbons (Fsp3) is 0.667. The molecule has 0 amide bonds. The molecule has 5 nitrogen and oxygen atoms in total. The summed E-state index contributed by atoms with van der Waals surface area (Å²) in [7, 11) is 1.50. The Bertz CT molecular complexity index is 610. The third-order valence-electron chi connectivity index (χ3n) is 5.80. The molecule has 8 heteroatoms. The molecule has 2 N–H and O–H groups in total. The Kier molecular flexibility index (Phi) is 9.39. The number of piperidine rings is 1. The van der Waals surface area contributed by atoms with E-state index in [4.69, 9.17) is 0 Å². The Balaban J connectivity index is 0.00000145. The zero-order valence-corrected chi connectivity index (χ0v) is 17.2. The lowest BCUT2D eigenvalue weighted by atomic mass is 9.93. The molecule has 0 radical (unpaired) electrons. The van der Waals surface area contributed by atoms with Crippen LogP contribution in [0.1, 0.15) is 24.8 Å². The molecular formula is C21H33F3N4O. The molecule has 2 heterocycles. The molecule has 2 fully saturated rings. The normalized spacial score (nSPS) is 19.6. The van der Waals surface area contributed by atoms with E-state index >= 15 is 0 Å². The van der Waals surface area contributed by atoms with Crippen molar-refractivity contribution in [3.8, 4) is 0 Å². The SMILES string of the molecule is CN.O=CCN1CCC(CCN2CCN(c3cccc(C(F)(F)F)c3)CC2)CC1. The number of anilines is 1. The second-order valence-electron chi connectivity index (χ2n) is 7.58. The molecule has 164 valence electrons. The van der Waals surface area contributed by atoms with Crippen LogP contribution in [0.3, 0.4) is 0 Å². The van der Waals surface area contributed by atoms with Crippen LogP contribution in [0.25, 0.3) is 0 Å². The van der Waals surface area contributed by atoms with Crippen LogP contribution < -0.4 is 10.6 Å². The number of nitrogens with zero attached hydrogens (tertiary/aromatic N) is 3. The Morgan fingerprint density at radius 3 is 2.28 bits per heavy atom. The summed E-state index contributed by atoms with van der Waals surface area (Å²) in [6.07, 6.45) is 0.151. The fourth-order valence-electron chi connectivity index (χ4n) is 4.04. The zero-order chi connectivity index (χ0) is 21.3. The van der Waals surface area contributed by atoms with Gasteiger partial charge in [-0.2, -0.15) is 13.2 Å². The lowest BCUT2D eigenvalue weighted by Crippen LogP contribution is -2.47. The number of rotatable bonds is 6. The van der Waals surface area contributed by atoms with Gasteiger partial charge in [0, 0.05) is 31.9 Å². The molecule has 0 aliphatic carbocycles. The monoisotopic (exact) mass is 414 g/mol. The summed E-state index contributed by atoms with van der Waals surface area (Å²) >= 11 is 0. The average Bonchev–Trinajstić information content (AvgIpc) is 2.75. The van der Waals surface area contributed by atoms with Crippen LogP contribution in [-0.2, 0) is 11.0 Å². The van der Waals surface area contributed by atoms with E-state index in [0.29, 0.717) is 12.2 Å². The van der Waals surface area contributed by atoms with Crippen LogP contribution in [0, 0.1) is 5.92 Å². The van der Waals surface area contributed by atoms with Gasteiger partial charge in [0.2, 0.25) is 0 Å². The van der Waals surface area contributed by atoms with E-state index in [1.807, 2.05) is 4.90 Å². The highest BCUT2D eigenvalue weighted by Crippen LogP contribution is 2.32. The third kappa shape index (κ3) is 7.28. The number of halogens is 3. The largest absolute Gasteiger partial charge is 0.416 e. The van der Waals surface area contributed by atoms with Gasteiger partial charge in [0.15, 0.2) is 0 Å². The minimum absolute atomic E-state index is 0.546. The number of likely N-dealkylation sites (tertiary alicyclic amines) is 1. The molecule has 0 atom stereocenters. The highest BCUT2D eigenvalue weighted by atomic mass is 19.4. The Labute approximate surface area is 171 Å². The van der Waals surface area contributed by atoms with Gasteiger partial charge in [0.25, 0.3) is 0 Å². The van der Waals surface area contributed by atoms with Crippen LogP contribution in [0.2, 0.25) is 0 Å². The first kappa shape index (κ1) is 23.6. The van der Waals surface area contributed by atoms with E-state index < -0.39 is 11.7 Å². The van der Waals surface area contributed by atoms with Crippen molar-refractivity contribution >= 4 is 12.0 Å². The zero-order valence-electron chi connectivity index (χ0n) is 17.2. The van der Waals surface area contributed by atoms with E-state index in [1.54, 1.807) is 6.07 Å². The smallest absolute Gasteiger partial charge is 0.369 e. The summed E-state index contributed by atoms with van der Waals surface area (Å²) in [5.41, 5.74) is 4.58. The number of hydrogen-bond acceptors (Lipinski definition) is 5. The Hall–Kier alpha value is -1.64. The molecule has 0 unspecified atom stereocenters. The molecule has 1 aromatic carbocycles. The third-order valence-corrected chi connectivity index (χ3v) is 5.80. The molecule has 1 aromatic rings. The fourth-order valence-corrected chi connectivity index (χ4v) is 4.04. The molecule has 2 aliphatic rings. The lowest BCUT2D eigenvalue weighted by molar-refractivity contribution is -0.137. The predicted molar refractivity (Wildman–Crippen MR) is 110 cm³/mol. The molecule has 0 spiro atoms. The summed E-state index contributed by atoms with van der Waals surface area (Å²) in [6.45, 7) is 6.91.